The van der Waals surface area contributed by atoms with Crippen molar-refractivity contribution in [2.45, 2.75) is 23.2 Å². The van der Waals surface area contributed by atoms with Crippen molar-refractivity contribution in [1.82, 2.24) is 9.88 Å². The number of pyridine rings is 1. The van der Waals surface area contributed by atoms with Crippen LogP contribution in [0.5, 0.6) is 11.5 Å². The average molecular weight is 488 g/mol. The Morgan fingerprint density at radius 1 is 1.14 bits per heavy atom. The molecule has 186 valence electrons. The van der Waals surface area contributed by atoms with Crippen molar-refractivity contribution in [3.8, 4) is 17.6 Å². The minimum absolute atomic E-state index is 0.0286. The van der Waals surface area contributed by atoms with Crippen LogP contribution in [0, 0.1) is 17.2 Å². The number of hydrogen-bond acceptors (Lipinski definition) is 8. The summed E-state index contributed by atoms with van der Waals surface area (Å²) in [6.07, 6.45) is 1.78. The van der Waals surface area contributed by atoms with Crippen LogP contribution in [0.15, 0.2) is 67.0 Å². The topological polar surface area (TPSA) is 119 Å². The molecule has 0 bridgehead atoms. The van der Waals surface area contributed by atoms with Gasteiger partial charge >= 0.3 is 0 Å². The molecule has 1 fully saturated rings. The number of aromatic nitrogens is 1. The number of aliphatic hydroxyl groups is 3. The molecule has 0 saturated heterocycles. The first-order chi connectivity index (χ1) is 17.4. The van der Waals surface area contributed by atoms with E-state index in [1.54, 1.807) is 24.3 Å². The van der Waals surface area contributed by atoms with Crippen LogP contribution >= 0.6 is 0 Å². The van der Waals surface area contributed by atoms with Gasteiger partial charge in [-0.25, -0.2) is 0 Å². The van der Waals surface area contributed by atoms with E-state index < -0.39 is 29.1 Å². The number of likely N-dealkylation sites (N-methyl/N-ethyl adjacent to an activating group) is 1. The lowest BCUT2D eigenvalue weighted by molar-refractivity contribution is -0.152. The zero-order chi connectivity index (χ0) is 25.5. The molecule has 4 unspecified atom stereocenters. The summed E-state index contributed by atoms with van der Waals surface area (Å²) in [5.74, 6) is -0.315. The van der Waals surface area contributed by atoms with E-state index in [0.717, 1.165) is 5.56 Å². The lowest BCUT2D eigenvalue weighted by Gasteiger charge is -2.41. The van der Waals surface area contributed by atoms with Gasteiger partial charge in [0.15, 0.2) is 11.2 Å². The lowest BCUT2D eigenvalue weighted by Crippen LogP contribution is -2.52. The molecule has 1 aromatic heterocycles. The first-order valence-corrected chi connectivity index (χ1v) is 11.9. The van der Waals surface area contributed by atoms with E-state index >= 15 is 0 Å². The van der Waals surface area contributed by atoms with Crippen molar-refractivity contribution >= 4 is 0 Å². The van der Waals surface area contributed by atoms with Crippen LogP contribution in [0.4, 0.5) is 0 Å². The normalized spacial score (nSPS) is 28.3. The largest absolute Gasteiger partial charge is 0.495 e. The molecule has 0 spiro atoms. The molecule has 2 aromatic carbocycles. The zero-order valence-electron chi connectivity index (χ0n) is 20.2. The molecule has 8 heteroatoms. The van der Waals surface area contributed by atoms with Crippen LogP contribution in [0.25, 0.3) is 0 Å². The van der Waals surface area contributed by atoms with Gasteiger partial charge in [-0.1, -0.05) is 42.5 Å². The molecule has 3 N–H and O–H groups in total. The molecule has 2 heterocycles. The summed E-state index contributed by atoms with van der Waals surface area (Å²) < 4.78 is 12.3. The van der Waals surface area contributed by atoms with Crippen molar-refractivity contribution in [3.05, 3.63) is 89.2 Å². The van der Waals surface area contributed by atoms with E-state index in [4.69, 9.17) is 9.47 Å². The van der Waals surface area contributed by atoms with E-state index in [0.29, 0.717) is 41.3 Å². The second kappa shape index (κ2) is 9.19. The fourth-order valence-corrected chi connectivity index (χ4v) is 6.15. The molecule has 36 heavy (non-hydrogen) atoms. The molecular weight excluding hydrogens is 458 g/mol. The highest BCUT2D eigenvalue weighted by Crippen LogP contribution is 2.69. The maximum absolute atomic E-state index is 12.7. The smallest absolute Gasteiger partial charge is 0.177 e. The third-order valence-electron chi connectivity index (χ3n) is 7.62. The number of methoxy groups -OCH3 is 1. The van der Waals surface area contributed by atoms with Crippen LogP contribution in [-0.4, -0.2) is 65.2 Å². The number of aliphatic hydroxyl groups excluding tert-OH is 2. The lowest BCUT2D eigenvalue weighted by atomic mass is 9.70. The number of hydrogen-bond donors (Lipinski definition) is 3. The van der Waals surface area contributed by atoms with Gasteiger partial charge in [0.05, 0.1) is 49.4 Å². The third-order valence-corrected chi connectivity index (χ3v) is 7.62. The van der Waals surface area contributed by atoms with Gasteiger partial charge in [0, 0.05) is 24.9 Å². The SMILES string of the molecule is COc1cncc2c1C1(O)[C@H](O)C(CN(C)CCO)C(c3ccccc3)C1(c1ccc(C#N)cc1)O2. The van der Waals surface area contributed by atoms with Crippen molar-refractivity contribution in [2.75, 3.05) is 33.9 Å². The Labute approximate surface area is 210 Å². The number of ether oxygens (including phenoxy) is 2. The van der Waals surface area contributed by atoms with Gasteiger partial charge in [-0.05, 0) is 30.3 Å². The fraction of sp³-hybridized carbons (Fsp3) is 0.357. The maximum atomic E-state index is 12.7. The van der Waals surface area contributed by atoms with Crippen molar-refractivity contribution in [1.29, 1.82) is 5.26 Å². The Morgan fingerprint density at radius 2 is 1.86 bits per heavy atom. The first kappa shape index (κ1) is 24.2. The summed E-state index contributed by atoms with van der Waals surface area (Å²) in [6.45, 7) is 0.782. The predicted molar refractivity (Wildman–Crippen MR) is 131 cm³/mol. The number of rotatable bonds is 7. The molecule has 2 aliphatic rings. The molecule has 8 nitrogen and oxygen atoms in total. The van der Waals surface area contributed by atoms with Crippen LogP contribution in [0.3, 0.4) is 0 Å². The molecule has 1 aliphatic heterocycles. The third kappa shape index (κ3) is 3.32. The molecule has 5 rings (SSSR count). The van der Waals surface area contributed by atoms with E-state index in [2.05, 4.69) is 11.1 Å². The highest BCUT2D eigenvalue weighted by atomic mass is 16.5. The van der Waals surface area contributed by atoms with E-state index in [1.807, 2.05) is 42.3 Å². The number of fused-ring (bicyclic) bond motifs is 3. The van der Waals surface area contributed by atoms with E-state index in [1.165, 1.54) is 19.5 Å². The van der Waals surface area contributed by atoms with Gasteiger partial charge in [0.2, 0.25) is 0 Å². The van der Waals surface area contributed by atoms with E-state index in [9.17, 15) is 20.6 Å². The Morgan fingerprint density at radius 3 is 2.50 bits per heavy atom. The standard InChI is InChI=1S/C28H29N3O5/c1-31(12-13-32)17-21-24(19-6-4-3-5-7-19)28(20-10-8-18(14-29)9-11-20)27(34,26(21)33)25-22(35-2)15-30-16-23(25)36-28/h3-11,15-16,21,24,26,32-34H,12-13,17H2,1-2H3/t21?,24?,26-,27?,28?/m1/s1. The highest BCUT2D eigenvalue weighted by Gasteiger charge is 2.76. The molecular formula is C28H29N3O5. The van der Waals surface area contributed by atoms with Crippen molar-refractivity contribution in [3.63, 3.8) is 0 Å². The highest BCUT2D eigenvalue weighted by molar-refractivity contribution is 5.59. The molecule has 0 amide bonds. The summed E-state index contributed by atoms with van der Waals surface area (Å²) in [6, 6.07) is 18.8. The van der Waals surface area contributed by atoms with Gasteiger partial charge < -0.3 is 29.7 Å². The molecule has 1 aliphatic carbocycles. The van der Waals surface area contributed by atoms with Crippen molar-refractivity contribution in [2.24, 2.45) is 5.92 Å². The zero-order valence-corrected chi connectivity index (χ0v) is 20.2. The molecule has 1 saturated carbocycles. The van der Waals surface area contributed by atoms with Gasteiger partial charge in [-0.3, -0.25) is 4.98 Å². The summed E-state index contributed by atoms with van der Waals surface area (Å²) in [5.41, 5.74) is -0.991. The molecule has 3 aromatic rings. The van der Waals surface area contributed by atoms with Gasteiger partial charge in [-0.2, -0.15) is 5.26 Å². The summed E-state index contributed by atoms with van der Waals surface area (Å²) in [5, 5.41) is 43.6. The minimum Gasteiger partial charge on any atom is -0.495 e. The van der Waals surface area contributed by atoms with E-state index in [-0.39, 0.29) is 6.61 Å². The maximum Gasteiger partial charge on any atom is 0.177 e. The Balaban J connectivity index is 1.81. The van der Waals surface area contributed by atoms with Crippen molar-refractivity contribution < 1.29 is 24.8 Å². The summed E-state index contributed by atoms with van der Waals surface area (Å²) in [4.78, 5) is 6.17. The average Bonchev–Trinajstić information content (AvgIpc) is 3.28. The number of benzene rings is 2. The monoisotopic (exact) mass is 487 g/mol. The minimum atomic E-state index is -1.89. The van der Waals surface area contributed by atoms with Crippen LogP contribution < -0.4 is 9.47 Å². The second-order valence-electron chi connectivity index (χ2n) is 9.49. The predicted octanol–water partition coefficient (Wildman–Crippen LogP) is 2.14. The number of nitrogens with zero attached hydrogens (tertiary/aromatic N) is 3. The first-order valence-electron chi connectivity index (χ1n) is 11.9. The van der Waals surface area contributed by atoms with Gasteiger partial charge in [0.1, 0.15) is 11.5 Å². The number of nitriles is 1. The second-order valence-corrected chi connectivity index (χ2v) is 9.49. The Hall–Kier alpha value is -3.48. The molecule has 0 radical (unpaired) electrons. The Bertz CT molecular complexity index is 1280. The van der Waals surface area contributed by atoms with Crippen LogP contribution in [0.1, 0.15) is 28.2 Å². The van der Waals surface area contributed by atoms with Gasteiger partial charge in [-0.15, -0.1) is 0 Å². The van der Waals surface area contributed by atoms with Gasteiger partial charge in [0.25, 0.3) is 0 Å². The van der Waals surface area contributed by atoms with Crippen LogP contribution in [-0.2, 0) is 11.2 Å². The summed E-state index contributed by atoms with van der Waals surface area (Å²) >= 11 is 0. The summed E-state index contributed by atoms with van der Waals surface area (Å²) in [7, 11) is 3.36. The Kier molecular flexibility index (Phi) is 6.18. The fourth-order valence-electron chi connectivity index (χ4n) is 6.15. The van der Waals surface area contributed by atoms with Crippen LogP contribution in [0.2, 0.25) is 0 Å². The molecule has 5 atom stereocenters. The quantitative estimate of drug-likeness (QED) is 0.464.